The number of piperidine rings is 1. The first-order valence-corrected chi connectivity index (χ1v) is 10.7. The van der Waals surface area contributed by atoms with Crippen LogP contribution in [0.25, 0.3) is 5.69 Å². The average molecular weight is 490 g/mol. The van der Waals surface area contributed by atoms with E-state index >= 15 is 4.39 Å². The number of ether oxygens (including phenoxy) is 1. The zero-order chi connectivity index (χ0) is 24.2. The lowest BCUT2D eigenvalue weighted by Crippen LogP contribution is -2.53. The predicted octanol–water partition coefficient (Wildman–Crippen LogP) is 3.79. The van der Waals surface area contributed by atoms with E-state index in [0.717, 1.165) is 16.8 Å². The fourth-order valence-corrected chi connectivity index (χ4v) is 4.66. The number of hydrogen-bond acceptors (Lipinski definition) is 6. The van der Waals surface area contributed by atoms with Gasteiger partial charge in [-0.15, -0.1) is 0 Å². The van der Waals surface area contributed by atoms with Gasteiger partial charge in [-0.05, 0) is 37.1 Å². The Kier molecular flexibility index (Phi) is 5.08. The number of rotatable bonds is 2. The van der Waals surface area contributed by atoms with Gasteiger partial charge >= 0.3 is 6.09 Å². The molecule has 4 N–H and O–H groups in total. The molecule has 0 radical (unpaired) electrons. The molecular weight excluding hydrogens is 472 g/mol. The van der Waals surface area contributed by atoms with E-state index in [1.54, 1.807) is 0 Å². The lowest BCUT2D eigenvalue weighted by Gasteiger charge is -2.45. The number of anilines is 2. The normalized spacial score (nSPS) is 19.5. The van der Waals surface area contributed by atoms with Crippen LogP contribution in [-0.4, -0.2) is 44.9 Å². The number of amides is 2. The first-order chi connectivity index (χ1) is 16.2. The molecule has 0 saturated carbocycles. The topological polar surface area (TPSA) is 123 Å². The molecule has 2 aliphatic heterocycles. The summed E-state index contributed by atoms with van der Waals surface area (Å²) >= 11 is 5.99. The number of benzene rings is 2. The Morgan fingerprint density at radius 2 is 2.09 bits per heavy atom. The largest absolute Gasteiger partial charge is 0.506 e. The van der Waals surface area contributed by atoms with Gasteiger partial charge in [-0.2, -0.15) is 5.10 Å². The van der Waals surface area contributed by atoms with Gasteiger partial charge in [-0.25, -0.2) is 18.3 Å². The average Bonchev–Trinajstić information content (AvgIpc) is 3.16. The van der Waals surface area contributed by atoms with Crippen LogP contribution < -0.4 is 11.1 Å². The molecule has 3 heterocycles. The van der Waals surface area contributed by atoms with E-state index in [1.807, 2.05) is 0 Å². The maximum absolute atomic E-state index is 15.1. The van der Waals surface area contributed by atoms with Crippen LogP contribution in [0.1, 0.15) is 28.8 Å². The molecule has 1 saturated heterocycles. The molecule has 176 valence electrons. The molecule has 5 rings (SSSR count). The number of carbonyl (C=O) groups excluding carboxylic acids is 2. The number of phenolic OH excluding ortho intramolecular Hbond substituents is 1. The zero-order valence-electron chi connectivity index (χ0n) is 17.5. The number of nitrogens with one attached hydrogen (secondary N) is 1. The van der Waals surface area contributed by atoms with E-state index in [4.69, 9.17) is 22.1 Å². The molecule has 34 heavy (non-hydrogen) atoms. The highest BCUT2D eigenvalue weighted by atomic mass is 35.5. The van der Waals surface area contributed by atoms with Crippen molar-refractivity contribution in [2.45, 2.75) is 18.4 Å². The molecule has 2 aliphatic rings. The molecule has 0 bridgehead atoms. The molecule has 1 atom stereocenters. The minimum Gasteiger partial charge on any atom is -0.506 e. The van der Waals surface area contributed by atoms with Crippen LogP contribution in [0.4, 0.5) is 25.1 Å². The summed E-state index contributed by atoms with van der Waals surface area (Å²) in [6.07, 6.45) is 1.16. The van der Waals surface area contributed by atoms with Crippen molar-refractivity contribution >= 4 is 35.1 Å². The van der Waals surface area contributed by atoms with Gasteiger partial charge in [0.2, 0.25) is 0 Å². The van der Waals surface area contributed by atoms with Crippen molar-refractivity contribution in [1.29, 1.82) is 0 Å². The number of hydrogen-bond donors (Lipinski definition) is 3. The Bertz CT molecular complexity index is 1350. The van der Waals surface area contributed by atoms with Gasteiger partial charge in [-0.1, -0.05) is 11.6 Å². The Balaban J connectivity index is 1.49. The van der Waals surface area contributed by atoms with Gasteiger partial charge in [0.1, 0.15) is 28.6 Å². The molecule has 0 unspecified atom stereocenters. The second kappa shape index (κ2) is 7.87. The summed E-state index contributed by atoms with van der Waals surface area (Å²) in [5.74, 6) is -2.39. The van der Waals surface area contributed by atoms with E-state index in [9.17, 15) is 19.1 Å². The van der Waals surface area contributed by atoms with Crippen molar-refractivity contribution in [2.24, 2.45) is 0 Å². The zero-order valence-corrected chi connectivity index (χ0v) is 18.3. The molecule has 3 aromatic rings. The molecular formula is C22H18ClF2N5O4. The number of nitrogen functional groups attached to an aromatic ring is 1. The number of nitrogens with two attached hydrogens (primary N) is 1. The van der Waals surface area contributed by atoms with E-state index in [2.05, 4.69) is 10.4 Å². The van der Waals surface area contributed by atoms with E-state index in [-0.39, 0.29) is 46.3 Å². The highest BCUT2D eigenvalue weighted by molar-refractivity contribution is 6.31. The van der Waals surface area contributed by atoms with Crippen molar-refractivity contribution < 1.29 is 28.2 Å². The summed E-state index contributed by atoms with van der Waals surface area (Å²) < 4.78 is 35.1. The molecule has 0 aliphatic carbocycles. The predicted molar refractivity (Wildman–Crippen MR) is 118 cm³/mol. The van der Waals surface area contributed by atoms with Crippen LogP contribution in [0.2, 0.25) is 5.02 Å². The number of nitrogens with zero attached hydrogens (tertiary/aromatic N) is 3. The first kappa shape index (κ1) is 22.0. The van der Waals surface area contributed by atoms with Crippen LogP contribution in [-0.2, 0) is 10.3 Å². The first-order valence-electron chi connectivity index (χ1n) is 10.3. The van der Waals surface area contributed by atoms with Gasteiger partial charge < -0.3 is 20.5 Å². The summed E-state index contributed by atoms with van der Waals surface area (Å²) in [6.45, 7) is 0.172. The number of likely N-dealkylation sites (tertiary alicyclic amines) is 1. The summed E-state index contributed by atoms with van der Waals surface area (Å²) in [6, 6.07) is 6.11. The molecule has 12 heteroatoms. The second-order valence-electron chi connectivity index (χ2n) is 8.11. The monoisotopic (exact) mass is 489 g/mol. The molecule has 2 aromatic carbocycles. The maximum atomic E-state index is 15.1. The molecule has 1 spiro atoms. The Labute approximate surface area is 196 Å². The van der Waals surface area contributed by atoms with Crippen molar-refractivity contribution in [2.75, 3.05) is 24.1 Å². The van der Waals surface area contributed by atoms with Gasteiger partial charge in [0, 0.05) is 12.6 Å². The molecule has 1 aromatic heterocycles. The minimum atomic E-state index is -1.43. The lowest BCUT2D eigenvalue weighted by atomic mass is 9.83. The smallest absolute Gasteiger partial charge is 0.412 e. The third-order valence-corrected chi connectivity index (χ3v) is 6.31. The minimum absolute atomic E-state index is 0.0211. The third kappa shape index (κ3) is 3.39. The number of halogens is 3. The maximum Gasteiger partial charge on any atom is 0.412 e. The summed E-state index contributed by atoms with van der Waals surface area (Å²) in [7, 11) is 0. The Morgan fingerprint density at radius 3 is 2.85 bits per heavy atom. The number of aromatic hydroxyl groups is 1. The standard InChI is InChI=1S/C22H18ClF2N5O4/c23-13-3-4-14-17(18(13)25)22(34-21(33)28-14)6-1-7-29(10-22)20(32)12-9-27-30(19(12)26)15-5-2-11(24)8-16(15)31/h2-5,8-9,31H,1,6-7,10,26H2,(H,28,33)/t22-/m0/s1. The van der Waals surface area contributed by atoms with Crippen LogP contribution >= 0.6 is 11.6 Å². The van der Waals surface area contributed by atoms with Crippen molar-refractivity contribution in [3.63, 3.8) is 0 Å². The highest BCUT2D eigenvalue weighted by Gasteiger charge is 2.48. The van der Waals surface area contributed by atoms with Crippen LogP contribution in [0, 0.1) is 11.6 Å². The highest BCUT2D eigenvalue weighted by Crippen LogP contribution is 2.45. The van der Waals surface area contributed by atoms with Crippen molar-refractivity contribution in [1.82, 2.24) is 14.7 Å². The van der Waals surface area contributed by atoms with E-state index in [0.29, 0.717) is 13.0 Å². The molecule has 9 nitrogen and oxygen atoms in total. The quantitative estimate of drug-likeness (QED) is 0.503. The van der Waals surface area contributed by atoms with Crippen molar-refractivity contribution in [3.8, 4) is 11.4 Å². The van der Waals surface area contributed by atoms with Gasteiger partial charge in [0.05, 0.1) is 29.0 Å². The van der Waals surface area contributed by atoms with Crippen LogP contribution in [0.15, 0.2) is 36.5 Å². The number of phenols is 1. The number of fused-ring (bicyclic) bond motifs is 2. The SMILES string of the molecule is Nc1c(C(=O)N2CCC[C@@]3(C2)OC(=O)Nc2ccc(Cl)c(F)c23)cnn1-c1ccc(F)cc1O. The summed E-state index contributed by atoms with van der Waals surface area (Å²) in [4.78, 5) is 27.0. The number of aromatic nitrogens is 2. The lowest BCUT2D eigenvalue weighted by molar-refractivity contribution is -0.0418. The van der Waals surface area contributed by atoms with Gasteiger partial charge in [-0.3, -0.25) is 10.1 Å². The fraction of sp³-hybridized carbons (Fsp3) is 0.227. The van der Waals surface area contributed by atoms with Crippen LogP contribution in [0.3, 0.4) is 0 Å². The Morgan fingerprint density at radius 1 is 1.29 bits per heavy atom. The van der Waals surface area contributed by atoms with Gasteiger partial charge in [0.25, 0.3) is 5.91 Å². The van der Waals surface area contributed by atoms with Crippen molar-refractivity contribution in [3.05, 3.63) is 64.3 Å². The van der Waals surface area contributed by atoms with Crippen LogP contribution in [0.5, 0.6) is 5.75 Å². The Hall–Kier alpha value is -3.86. The summed E-state index contributed by atoms with van der Waals surface area (Å²) in [5.41, 5.74) is 5.13. The third-order valence-electron chi connectivity index (χ3n) is 6.02. The molecule has 2 amide bonds. The van der Waals surface area contributed by atoms with E-state index in [1.165, 1.54) is 29.3 Å². The van der Waals surface area contributed by atoms with E-state index < -0.39 is 35.0 Å². The second-order valence-corrected chi connectivity index (χ2v) is 8.52. The molecule has 1 fully saturated rings. The fourth-order valence-electron chi connectivity index (χ4n) is 4.51. The summed E-state index contributed by atoms with van der Waals surface area (Å²) in [5, 5.41) is 16.4. The van der Waals surface area contributed by atoms with Gasteiger partial charge in [0.15, 0.2) is 11.4 Å². The number of carbonyl (C=O) groups is 2.